The number of rotatable bonds is 2. The van der Waals surface area contributed by atoms with Crippen LogP contribution in [-0.4, -0.2) is 39.2 Å². The van der Waals surface area contributed by atoms with Gasteiger partial charge in [0.05, 0.1) is 19.3 Å². The highest BCUT2D eigenvalue weighted by atomic mass is 28.4. The van der Waals surface area contributed by atoms with Crippen LogP contribution in [0.2, 0.25) is 18.1 Å². The van der Waals surface area contributed by atoms with Crippen molar-refractivity contribution in [3.05, 3.63) is 12.2 Å². The topological polar surface area (TPSA) is 44.8 Å². The molecule has 1 saturated heterocycles. The van der Waals surface area contributed by atoms with Crippen molar-refractivity contribution < 1.29 is 18.7 Å². The van der Waals surface area contributed by atoms with Crippen LogP contribution in [0.15, 0.2) is 12.2 Å². The molecule has 0 bridgehead atoms. The number of ether oxygens (including phenoxy) is 2. The molecule has 1 spiro atoms. The molecule has 1 heterocycles. The minimum atomic E-state index is -1.94. The second-order valence-electron chi connectivity index (χ2n) is 11.7. The summed E-state index contributed by atoms with van der Waals surface area (Å²) in [7, 11) is -1.94. The van der Waals surface area contributed by atoms with E-state index in [1.165, 1.54) is 0 Å². The van der Waals surface area contributed by atoms with Crippen LogP contribution >= 0.6 is 0 Å². The number of hydrogen-bond acceptors (Lipinski definition) is 4. The maximum absolute atomic E-state index is 13.5. The molecule has 1 aliphatic heterocycles. The number of ketones is 1. The largest absolute Gasteiger partial charge is 0.410 e. The molecule has 0 radical (unpaired) electrons. The minimum Gasteiger partial charge on any atom is -0.410 e. The number of Topliss-reactive ketones (excluding diaryl/α,β-unsaturated/α-hetero) is 1. The van der Waals surface area contributed by atoms with Crippen LogP contribution in [0.5, 0.6) is 0 Å². The molecule has 0 N–H and O–H groups in total. The second kappa shape index (κ2) is 7.04. The fourth-order valence-electron chi connectivity index (χ4n) is 4.65. The Morgan fingerprint density at radius 1 is 1.11 bits per heavy atom. The summed E-state index contributed by atoms with van der Waals surface area (Å²) in [6.07, 6.45) is 7.50. The van der Waals surface area contributed by atoms with E-state index in [1.54, 1.807) is 0 Å². The molecule has 0 amide bonds. The highest BCUT2D eigenvalue weighted by Crippen LogP contribution is 2.52. The Kier molecular flexibility index (Phi) is 5.58. The maximum atomic E-state index is 13.5. The molecule has 1 saturated carbocycles. The molecule has 2 fully saturated rings. The summed E-state index contributed by atoms with van der Waals surface area (Å²) < 4.78 is 18.7. The summed E-state index contributed by atoms with van der Waals surface area (Å²) in [6.45, 7) is 19.3. The van der Waals surface area contributed by atoms with E-state index in [0.717, 1.165) is 12.8 Å². The van der Waals surface area contributed by atoms with Crippen molar-refractivity contribution in [2.45, 2.75) is 97.2 Å². The lowest BCUT2D eigenvalue weighted by molar-refractivity contribution is -0.202. The Balaban J connectivity index is 1.90. The van der Waals surface area contributed by atoms with E-state index in [1.807, 2.05) is 0 Å². The molecule has 3 rings (SSSR count). The van der Waals surface area contributed by atoms with Crippen LogP contribution in [-0.2, 0) is 18.7 Å². The van der Waals surface area contributed by atoms with E-state index in [4.69, 9.17) is 13.9 Å². The molecule has 0 aromatic carbocycles. The van der Waals surface area contributed by atoms with Gasteiger partial charge in [-0.2, -0.15) is 0 Å². The van der Waals surface area contributed by atoms with Crippen molar-refractivity contribution in [1.29, 1.82) is 0 Å². The summed E-state index contributed by atoms with van der Waals surface area (Å²) in [6, 6.07) is 0. The van der Waals surface area contributed by atoms with E-state index in [0.29, 0.717) is 31.8 Å². The molecule has 4 nitrogen and oxygen atoms in total. The zero-order chi connectivity index (χ0) is 21.0. The molecular formula is C23H40O4Si. The van der Waals surface area contributed by atoms with Gasteiger partial charge in [-0.05, 0) is 30.0 Å². The summed E-state index contributed by atoms with van der Waals surface area (Å²) in [5.74, 6) is -0.254. The van der Waals surface area contributed by atoms with Crippen molar-refractivity contribution in [3.63, 3.8) is 0 Å². The maximum Gasteiger partial charge on any atom is 0.192 e. The molecular weight excluding hydrogens is 368 g/mol. The van der Waals surface area contributed by atoms with Crippen LogP contribution in [0.25, 0.3) is 0 Å². The smallest absolute Gasteiger partial charge is 0.192 e. The van der Waals surface area contributed by atoms with Crippen molar-refractivity contribution in [2.24, 2.45) is 16.7 Å². The van der Waals surface area contributed by atoms with Gasteiger partial charge in [-0.3, -0.25) is 4.79 Å². The third-order valence-corrected chi connectivity index (χ3v) is 12.3. The van der Waals surface area contributed by atoms with Crippen molar-refractivity contribution >= 4 is 14.1 Å². The Morgan fingerprint density at radius 3 is 2.29 bits per heavy atom. The third-order valence-electron chi connectivity index (χ3n) is 7.84. The average Bonchev–Trinajstić information content (AvgIpc) is 3.00. The van der Waals surface area contributed by atoms with Gasteiger partial charge in [0, 0.05) is 30.6 Å². The van der Waals surface area contributed by atoms with Gasteiger partial charge in [-0.25, -0.2) is 0 Å². The third kappa shape index (κ3) is 4.05. The zero-order valence-corrected chi connectivity index (χ0v) is 20.2. The fourth-order valence-corrected chi connectivity index (χ4v) is 6.04. The Hall–Kier alpha value is -0.493. The molecule has 3 atom stereocenters. The second-order valence-corrected chi connectivity index (χ2v) is 16.4. The van der Waals surface area contributed by atoms with Crippen molar-refractivity contribution in [1.82, 2.24) is 0 Å². The van der Waals surface area contributed by atoms with Gasteiger partial charge in [0.25, 0.3) is 0 Å². The predicted octanol–water partition coefficient (Wildman–Crippen LogP) is 5.48. The monoisotopic (exact) mass is 408 g/mol. The van der Waals surface area contributed by atoms with E-state index >= 15 is 0 Å². The highest BCUT2D eigenvalue weighted by Gasteiger charge is 2.53. The Labute approximate surface area is 172 Å². The first kappa shape index (κ1) is 22.2. The average molecular weight is 409 g/mol. The lowest BCUT2D eigenvalue weighted by Crippen LogP contribution is -2.51. The molecule has 0 aromatic heterocycles. The first-order valence-electron chi connectivity index (χ1n) is 10.9. The molecule has 0 unspecified atom stereocenters. The number of carbonyl (C=O) groups excluding carboxylic acids is 1. The zero-order valence-electron chi connectivity index (χ0n) is 19.2. The minimum absolute atomic E-state index is 0.0371. The molecule has 160 valence electrons. The number of allylic oxidation sites excluding steroid dienone is 1. The van der Waals surface area contributed by atoms with Crippen LogP contribution in [0.1, 0.15) is 67.2 Å². The molecule has 2 aliphatic carbocycles. The first-order valence-corrected chi connectivity index (χ1v) is 13.8. The predicted molar refractivity (Wildman–Crippen MR) is 115 cm³/mol. The van der Waals surface area contributed by atoms with Gasteiger partial charge in [-0.15, -0.1) is 0 Å². The molecule has 0 aromatic rings. The Bertz CT molecular complexity index is 639. The van der Waals surface area contributed by atoms with Crippen LogP contribution < -0.4 is 0 Å². The van der Waals surface area contributed by atoms with Crippen LogP contribution in [0.4, 0.5) is 0 Å². The van der Waals surface area contributed by atoms with E-state index in [-0.39, 0.29) is 27.9 Å². The van der Waals surface area contributed by atoms with Gasteiger partial charge in [0.1, 0.15) is 5.78 Å². The van der Waals surface area contributed by atoms with Gasteiger partial charge in [0.2, 0.25) is 0 Å². The van der Waals surface area contributed by atoms with Gasteiger partial charge >= 0.3 is 0 Å². The molecule has 3 aliphatic rings. The van der Waals surface area contributed by atoms with Crippen molar-refractivity contribution in [3.8, 4) is 0 Å². The van der Waals surface area contributed by atoms with Crippen LogP contribution in [0.3, 0.4) is 0 Å². The van der Waals surface area contributed by atoms with Gasteiger partial charge < -0.3 is 13.9 Å². The van der Waals surface area contributed by atoms with E-state index < -0.39 is 14.1 Å². The normalized spacial score (nSPS) is 35.5. The number of hydrogen-bond donors (Lipinski definition) is 0. The fraction of sp³-hybridized carbons (Fsp3) is 0.870. The molecule has 28 heavy (non-hydrogen) atoms. The molecule has 5 heteroatoms. The van der Waals surface area contributed by atoms with Gasteiger partial charge in [-0.1, -0.05) is 53.7 Å². The van der Waals surface area contributed by atoms with Crippen molar-refractivity contribution in [2.75, 3.05) is 13.2 Å². The summed E-state index contributed by atoms with van der Waals surface area (Å²) in [5, 5.41) is 0.143. The quantitative estimate of drug-likeness (QED) is 0.448. The van der Waals surface area contributed by atoms with Gasteiger partial charge in [0.15, 0.2) is 14.1 Å². The van der Waals surface area contributed by atoms with Crippen LogP contribution in [0, 0.1) is 16.7 Å². The SMILES string of the molecule is CC1(C)CC(=O)[C@@H]2CC3(CC[C@@]2(C)C=C[C@@H]1O[Si](C)(C)C(C)(C)C)OCCO3. The highest BCUT2D eigenvalue weighted by molar-refractivity contribution is 6.74. The summed E-state index contributed by atoms with van der Waals surface area (Å²) >= 11 is 0. The first-order chi connectivity index (χ1) is 12.7. The Morgan fingerprint density at radius 2 is 1.71 bits per heavy atom. The lowest BCUT2D eigenvalue weighted by Gasteiger charge is -2.49. The number of fused-ring (bicyclic) bond motifs is 1. The lowest BCUT2D eigenvalue weighted by atomic mass is 9.60. The number of carbonyl (C=O) groups is 1. The standard InChI is InChI=1S/C23H40O4Si/c1-20(2,3)28(7,8)27-19-9-10-22(6)11-12-23(25-13-14-26-23)15-17(22)18(24)16-21(19,4)5/h9-10,17,19H,11-16H2,1-8H3/t17-,19-,22+/m0/s1. The van der Waals surface area contributed by atoms with E-state index in [2.05, 4.69) is 66.8 Å². The van der Waals surface area contributed by atoms with E-state index in [9.17, 15) is 4.79 Å². The summed E-state index contributed by atoms with van der Waals surface area (Å²) in [4.78, 5) is 13.5. The summed E-state index contributed by atoms with van der Waals surface area (Å²) in [5.41, 5.74) is -0.379.